The Bertz CT molecular complexity index is 978. The standard InChI is InChI=1S/C18H15FN2O3/c1-21-10-14(18(23)20-12-8-6-11(19)7-9-12)17(22)13-4-3-5-15(24-2)16(13)21/h3-10H,1-2H3,(H,20,23). The van der Waals surface area contributed by atoms with Gasteiger partial charge in [-0.2, -0.15) is 0 Å². The van der Waals surface area contributed by atoms with Crippen LogP contribution in [0.5, 0.6) is 5.75 Å². The molecule has 0 bridgehead atoms. The molecule has 122 valence electrons. The Morgan fingerprint density at radius 2 is 1.88 bits per heavy atom. The third-order valence-corrected chi connectivity index (χ3v) is 3.73. The fourth-order valence-electron chi connectivity index (χ4n) is 2.59. The number of aromatic nitrogens is 1. The molecule has 24 heavy (non-hydrogen) atoms. The van der Waals surface area contributed by atoms with E-state index in [-0.39, 0.29) is 11.0 Å². The van der Waals surface area contributed by atoms with Gasteiger partial charge in [0.1, 0.15) is 17.1 Å². The average Bonchev–Trinajstić information content (AvgIpc) is 2.59. The normalized spacial score (nSPS) is 10.6. The highest BCUT2D eigenvalue weighted by molar-refractivity contribution is 6.06. The first-order valence-electron chi connectivity index (χ1n) is 7.24. The van der Waals surface area contributed by atoms with Crippen molar-refractivity contribution in [2.24, 2.45) is 7.05 Å². The van der Waals surface area contributed by atoms with Gasteiger partial charge >= 0.3 is 0 Å². The van der Waals surface area contributed by atoms with Crippen molar-refractivity contribution in [2.45, 2.75) is 0 Å². The molecule has 1 amide bonds. The Labute approximate surface area is 137 Å². The van der Waals surface area contributed by atoms with E-state index in [4.69, 9.17) is 4.74 Å². The number of para-hydroxylation sites is 1. The number of aryl methyl sites for hydroxylation is 1. The van der Waals surface area contributed by atoms with Gasteiger partial charge in [0.15, 0.2) is 0 Å². The van der Waals surface area contributed by atoms with Crippen molar-refractivity contribution in [3.63, 3.8) is 0 Å². The second-order valence-electron chi connectivity index (χ2n) is 5.30. The van der Waals surface area contributed by atoms with Crippen LogP contribution in [0, 0.1) is 5.82 Å². The minimum absolute atomic E-state index is 0.00239. The molecule has 3 rings (SSSR count). The molecule has 0 unspecified atom stereocenters. The largest absolute Gasteiger partial charge is 0.495 e. The molecule has 5 nitrogen and oxygen atoms in total. The topological polar surface area (TPSA) is 60.3 Å². The monoisotopic (exact) mass is 326 g/mol. The molecule has 0 spiro atoms. The Balaban J connectivity index is 2.07. The molecular formula is C18H15FN2O3. The molecule has 1 heterocycles. The summed E-state index contributed by atoms with van der Waals surface area (Å²) in [5.41, 5.74) is 0.640. The van der Waals surface area contributed by atoms with E-state index in [1.54, 1.807) is 29.8 Å². The van der Waals surface area contributed by atoms with Crippen molar-refractivity contribution < 1.29 is 13.9 Å². The van der Waals surface area contributed by atoms with Crippen LogP contribution in [0.1, 0.15) is 10.4 Å². The quantitative estimate of drug-likeness (QED) is 0.805. The summed E-state index contributed by atoms with van der Waals surface area (Å²) in [5.74, 6) is -0.397. The highest BCUT2D eigenvalue weighted by atomic mass is 19.1. The fraction of sp³-hybridized carbons (Fsp3) is 0.111. The first-order chi connectivity index (χ1) is 11.5. The smallest absolute Gasteiger partial charge is 0.261 e. The number of carbonyl (C=O) groups excluding carboxylic acids is 1. The van der Waals surface area contributed by atoms with E-state index in [1.165, 1.54) is 37.6 Å². The van der Waals surface area contributed by atoms with E-state index in [9.17, 15) is 14.0 Å². The third-order valence-electron chi connectivity index (χ3n) is 3.73. The fourth-order valence-corrected chi connectivity index (χ4v) is 2.59. The molecule has 3 aromatic rings. The van der Waals surface area contributed by atoms with Crippen LogP contribution in [0.3, 0.4) is 0 Å². The molecule has 0 atom stereocenters. The molecule has 2 aromatic carbocycles. The number of rotatable bonds is 3. The SMILES string of the molecule is COc1cccc2c(=O)c(C(=O)Nc3ccc(F)cc3)cn(C)c12. The number of halogens is 1. The van der Waals surface area contributed by atoms with Gasteiger partial charge < -0.3 is 14.6 Å². The summed E-state index contributed by atoms with van der Waals surface area (Å²) in [7, 11) is 3.26. The zero-order valence-electron chi connectivity index (χ0n) is 13.2. The number of anilines is 1. The Kier molecular flexibility index (Phi) is 4.04. The maximum absolute atomic E-state index is 12.9. The number of ether oxygens (including phenoxy) is 1. The zero-order valence-corrected chi connectivity index (χ0v) is 13.2. The predicted molar refractivity (Wildman–Crippen MR) is 90.1 cm³/mol. The second-order valence-corrected chi connectivity index (χ2v) is 5.30. The Morgan fingerprint density at radius 1 is 1.17 bits per heavy atom. The molecule has 0 radical (unpaired) electrons. The number of benzene rings is 2. The number of amides is 1. The van der Waals surface area contributed by atoms with E-state index in [2.05, 4.69) is 5.32 Å². The number of nitrogens with zero attached hydrogens (tertiary/aromatic N) is 1. The lowest BCUT2D eigenvalue weighted by Gasteiger charge is -2.12. The summed E-state index contributed by atoms with van der Waals surface area (Å²) in [6, 6.07) is 10.4. The van der Waals surface area contributed by atoms with Gasteiger partial charge in [-0.25, -0.2) is 4.39 Å². The molecule has 0 fully saturated rings. The van der Waals surface area contributed by atoms with Crippen LogP contribution in [0.4, 0.5) is 10.1 Å². The second kappa shape index (κ2) is 6.16. The van der Waals surface area contributed by atoms with Crippen molar-refractivity contribution in [1.29, 1.82) is 0 Å². The van der Waals surface area contributed by atoms with Crippen LogP contribution < -0.4 is 15.5 Å². The van der Waals surface area contributed by atoms with Gasteiger partial charge in [-0.15, -0.1) is 0 Å². The number of hydrogen-bond acceptors (Lipinski definition) is 3. The van der Waals surface area contributed by atoms with Gasteiger partial charge in [-0.1, -0.05) is 6.07 Å². The minimum Gasteiger partial charge on any atom is -0.495 e. The predicted octanol–water partition coefficient (Wildman–Crippen LogP) is 2.94. The molecule has 0 aliphatic heterocycles. The summed E-state index contributed by atoms with van der Waals surface area (Å²) in [6.45, 7) is 0. The van der Waals surface area contributed by atoms with Gasteiger partial charge in [-0.3, -0.25) is 9.59 Å². The molecule has 0 saturated carbocycles. The van der Waals surface area contributed by atoms with Crippen molar-refractivity contribution in [1.82, 2.24) is 4.57 Å². The van der Waals surface area contributed by atoms with Crippen molar-refractivity contribution in [2.75, 3.05) is 12.4 Å². The molecule has 0 aliphatic rings. The van der Waals surface area contributed by atoms with Crippen LogP contribution in [-0.2, 0) is 7.05 Å². The number of methoxy groups -OCH3 is 1. The van der Waals surface area contributed by atoms with Gasteiger partial charge in [0.05, 0.1) is 18.0 Å². The maximum Gasteiger partial charge on any atom is 0.261 e. The number of hydrogen-bond donors (Lipinski definition) is 1. The van der Waals surface area contributed by atoms with Crippen LogP contribution in [0.25, 0.3) is 10.9 Å². The Morgan fingerprint density at radius 3 is 2.54 bits per heavy atom. The summed E-state index contributed by atoms with van der Waals surface area (Å²) < 4.78 is 19.9. The van der Waals surface area contributed by atoms with Crippen molar-refractivity contribution >= 4 is 22.5 Å². The van der Waals surface area contributed by atoms with E-state index >= 15 is 0 Å². The first kappa shape index (κ1) is 15.7. The molecule has 0 saturated heterocycles. The molecule has 1 N–H and O–H groups in total. The molecule has 1 aromatic heterocycles. The highest BCUT2D eigenvalue weighted by Gasteiger charge is 2.16. The zero-order chi connectivity index (χ0) is 17.3. The van der Waals surface area contributed by atoms with Gasteiger partial charge in [0.25, 0.3) is 5.91 Å². The van der Waals surface area contributed by atoms with Crippen molar-refractivity contribution in [3.8, 4) is 5.75 Å². The number of fused-ring (bicyclic) bond motifs is 1. The summed E-state index contributed by atoms with van der Waals surface area (Å²) >= 11 is 0. The number of carbonyl (C=O) groups is 1. The molecular weight excluding hydrogens is 311 g/mol. The van der Waals surface area contributed by atoms with Crippen LogP contribution in [0.15, 0.2) is 53.5 Å². The maximum atomic E-state index is 12.9. The third kappa shape index (κ3) is 2.74. The lowest BCUT2D eigenvalue weighted by atomic mass is 10.1. The lowest BCUT2D eigenvalue weighted by molar-refractivity contribution is 0.102. The number of nitrogens with one attached hydrogen (secondary N) is 1. The number of pyridine rings is 1. The summed E-state index contributed by atoms with van der Waals surface area (Å²) in [6.07, 6.45) is 1.46. The van der Waals surface area contributed by atoms with E-state index in [0.717, 1.165) is 0 Å². The van der Waals surface area contributed by atoms with E-state index < -0.39 is 11.7 Å². The van der Waals surface area contributed by atoms with Crippen LogP contribution >= 0.6 is 0 Å². The summed E-state index contributed by atoms with van der Waals surface area (Å²) in [5, 5.41) is 2.99. The summed E-state index contributed by atoms with van der Waals surface area (Å²) in [4.78, 5) is 25.1. The highest BCUT2D eigenvalue weighted by Crippen LogP contribution is 2.23. The van der Waals surface area contributed by atoms with Crippen LogP contribution in [0.2, 0.25) is 0 Å². The van der Waals surface area contributed by atoms with E-state index in [0.29, 0.717) is 22.3 Å². The van der Waals surface area contributed by atoms with E-state index in [1.807, 2.05) is 0 Å². The van der Waals surface area contributed by atoms with Gasteiger partial charge in [-0.05, 0) is 36.4 Å². The van der Waals surface area contributed by atoms with Crippen LogP contribution in [-0.4, -0.2) is 17.6 Å². The lowest BCUT2D eigenvalue weighted by Crippen LogP contribution is -2.23. The minimum atomic E-state index is -0.549. The van der Waals surface area contributed by atoms with Gasteiger partial charge in [0, 0.05) is 18.9 Å². The first-order valence-corrected chi connectivity index (χ1v) is 7.24. The Hall–Kier alpha value is -3.15. The molecule has 6 heteroatoms. The molecule has 0 aliphatic carbocycles. The average molecular weight is 326 g/mol. The van der Waals surface area contributed by atoms with Crippen molar-refractivity contribution in [3.05, 3.63) is 70.3 Å². The van der Waals surface area contributed by atoms with Gasteiger partial charge in [0.2, 0.25) is 5.43 Å².